The molecule has 0 atom stereocenters. The van der Waals surface area contributed by atoms with Crippen molar-refractivity contribution in [3.8, 4) is 0 Å². The highest BCUT2D eigenvalue weighted by Gasteiger charge is 2.04. The largest absolute Gasteiger partial charge is 0.379 e. The summed E-state index contributed by atoms with van der Waals surface area (Å²) in [5.41, 5.74) is 2.89. The molecule has 0 aliphatic rings. The van der Waals surface area contributed by atoms with E-state index in [0.717, 1.165) is 5.57 Å². The van der Waals surface area contributed by atoms with Crippen molar-refractivity contribution in [3.05, 3.63) is 39.6 Å². The number of rotatable bonds is 3. The Kier molecular flexibility index (Phi) is 4.42. The Morgan fingerprint density at radius 1 is 1.64 bits per heavy atom. The third-order valence-electron chi connectivity index (χ3n) is 1.70. The van der Waals surface area contributed by atoms with Gasteiger partial charge >= 0.3 is 0 Å². The molecule has 0 unspecified atom stereocenters. The summed E-state index contributed by atoms with van der Waals surface area (Å²) in [4.78, 5) is 0. The molecule has 0 aliphatic heterocycles. The van der Waals surface area contributed by atoms with Crippen molar-refractivity contribution < 1.29 is 4.39 Å². The first-order valence-electron chi connectivity index (χ1n) is 4.09. The minimum absolute atomic E-state index is 0.283. The van der Waals surface area contributed by atoms with Gasteiger partial charge in [-0.1, -0.05) is 17.7 Å². The van der Waals surface area contributed by atoms with E-state index in [1.165, 1.54) is 5.54 Å². The summed E-state index contributed by atoms with van der Waals surface area (Å²) < 4.78 is 13.8. The molecule has 0 bridgehead atoms. The predicted molar refractivity (Wildman–Crippen MR) is 62.2 cm³/mol. The Balaban J connectivity index is 2.73. The topological polar surface area (TPSA) is 12.0 Å². The van der Waals surface area contributed by atoms with E-state index in [9.17, 15) is 4.39 Å². The molecule has 0 heterocycles. The molecule has 1 aromatic rings. The lowest BCUT2D eigenvalue weighted by Crippen LogP contribution is -2.04. The monoisotopic (exact) mass is 277 g/mol. The van der Waals surface area contributed by atoms with Crippen LogP contribution >= 0.6 is 27.5 Å². The molecular formula is C10H10BrClFN. The van der Waals surface area contributed by atoms with Crippen LogP contribution in [0.5, 0.6) is 0 Å². The average Bonchev–Trinajstić information content (AvgIpc) is 2.20. The molecule has 1 nitrogen and oxygen atoms in total. The fourth-order valence-corrected chi connectivity index (χ4v) is 1.36. The van der Waals surface area contributed by atoms with Gasteiger partial charge in [0, 0.05) is 12.1 Å². The van der Waals surface area contributed by atoms with E-state index in [1.54, 1.807) is 18.2 Å². The summed E-state index contributed by atoms with van der Waals surface area (Å²) in [7, 11) is 0. The smallest absolute Gasteiger partial charge is 0.160 e. The minimum Gasteiger partial charge on any atom is -0.379 e. The first-order valence-corrected chi connectivity index (χ1v) is 5.32. The van der Waals surface area contributed by atoms with Crippen molar-refractivity contribution >= 4 is 33.2 Å². The van der Waals surface area contributed by atoms with E-state index in [2.05, 4.69) is 21.2 Å². The van der Waals surface area contributed by atoms with Crippen molar-refractivity contribution in [2.75, 3.05) is 11.9 Å². The van der Waals surface area contributed by atoms with Gasteiger partial charge in [-0.3, -0.25) is 0 Å². The summed E-state index contributed by atoms with van der Waals surface area (Å²) in [6.45, 7) is 2.41. The van der Waals surface area contributed by atoms with Gasteiger partial charge in [-0.25, -0.2) is 4.39 Å². The molecule has 0 saturated carbocycles. The number of nitrogens with one attached hydrogen (secondary N) is 1. The van der Waals surface area contributed by atoms with Crippen LogP contribution in [0.25, 0.3) is 0 Å². The Labute approximate surface area is 96.1 Å². The quantitative estimate of drug-likeness (QED) is 0.876. The van der Waals surface area contributed by atoms with Crippen LogP contribution in [-0.2, 0) is 0 Å². The molecule has 4 heteroatoms. The van der Waals surface area contributed by atoms with Gasteiger partial charge in [0.2, 0.25) is 0 Å². The van der Waals surface area contributed by atoms with Gasteiger partial charge in [-0.05, 0) is 40.6 Å². The third-order valence-corrected chi connectivity index (χ3v) is 2.68. The molecule has 1 aromatic carbocycles. The van der Waals surface area contributed by atoms with Crippen LogP contribution in [0.4, 0.5) is 10.1 Å². The second kappa shape index (κ2) is 5.37. The average molecular weight is 279 g/mol. The zero-order valence-corrected chi connectivity index (χ0v) is 9.99. The summed E-state index contributed by atoms with van der Waals surface area (Å²) in [5.74, 6) is -0.283. The first-order chi connectivity index (χ1) is 6.65. The lowest BCUT2D eigenvalue weighted by molar-refractivity contribution is 0.624. The normalized spacial score (nSPS) is 11.6. The standard InChI is InChI=1S/C10H10BrClFN/c1-7(5-12)6-14-9-4-2-3-8(11)10(9)13/h2-5,14H,6H2,1H3/b7-5-. The van der Waals surface area contributed by atoms with Crippen molar-refractivity contribution in [3.63, 3.8) is 0 Å². The molecule has 0 aliphatic carbocycles. The first kappa shape index (κ1) is 11.5. The van der Waals surface area contributed by atoms with E-state index in [-0.39, 0.29) is 5.82 Å². The summed E-state index contributed by atoms with van der Waals surface area (Å²) in [6, 6.07) is 5.11. The van der Waals surface area contributed by atoms with Gasteiger partial charge in [0.1, 0.15) is 0 Å². The van der Waals surface area contributed by atoms with Gasteiger partial charge in [0.05, 0.1) is 10.2 Å². The summed E-state index contributed by atoms with van der Waals surface area (Å²) in [5, 5.41) is 2.95. The fraction of sp³-hybridized carbons (Fsp3) is 0.200. The maximum atomic E-state index is 13.4. The van der Waals surface area contributed by atoms with Crippen molar-refractivity contribution in [2.24, 2.45) is 0 Å². The predicted octanol–water partition coefficient (Wildman–Crippen LogP) is 4.14. The van der Waals surface area contributed by atoms with E-state index in [1.807, 2.05) is 6.92 Å². The molecule has 0 radical (unpaired) electrons. The number of hydrogen-bond donors (Lipinski definition) is 1. The molecule has 14 heavy (non-hydrogen) atoms. The van der Waals surface area contributed by atoms with E-state index in [4.69, 9.17) is 11.6 Å². The maximum absolute atomic E-state index is 13.4. The molecule has 0 saturated heterocycles. The van der Waals surface area contributed by atoms with Gasteiger partial charge < -0.3 is 5.32 Å². The lowest BCUT2D eigenvalue weighted by Gasteiger charge is -2.07. The number of anilines is 1. The van der Waals surface area contributed by atoms with Gasteiger partial charge in [0.15, 0.2) is 5.82 Å². The van der Waals surface area contributed by atoms with E-state index < -0.39 is 0 Å². The van der Waals surface area contributed by atoms with Gasteiger partial charge in [-0.2, -0.15) is 0 Å². The van der Waals surface area contributed by atoms with Crippen LogP contribution < -0.4 is 5.32 Å². The second-order valence-corrected chi connectivity index (χ2v) is 3.98. The van der Waals surface area contributed by atoms with Crippen LogP contribution in [0.15, 0.2) is 33.8 Å². The highest BCUT2D eigenvalue weighted by Crippen LogP contribution is 2.22. The zero-order valence-electron chi connectivity index (χ0n) is 7.65. The van der Waals surface area contributed by atoms with Crippen LogP contribution in [0.1, 0.15) is 6.92 Å². The molecule has 1 rings (SSSR count). The lowest BCUT2D eigenvalue weighted by atomic mass is 10.3. The Hall–Kier alpha value is -0.540. The molecule has 1 N–H and O–H groups in total. The molecular weight excluding hydrogens is 268 g/mol. The summed E-state index contributed by atoms with van der Waals surface area (Å²) in [6.07, 6.45) is 0. The highest BCUT2D eigenvalue weighted by atomic mass is 79.9. The molecule has 0 amide bonds. The summed E-state index contributed by atoms with van der Waals surface area (Å²) >= 11 is 8.60. The van der Waals surface area contributed by atoms with Crippen molar-refractivity contribution in [1.82, 2.24) is 0 Å². The van der Waals surface area contributed by atoms with E-state index >= 15 is 0 Å². The second-order valence-electron chi connectivity index (χ2n) is 2.91. The Bertz CT molecular complexity index is 352. The van der Waals surface area contributed by atoms with Crippen LogP contribution in [0, 0.1) is 5.82 Å². The third kappa shape index (κ3) is 3.00. The molecule has 76 valence electrons. The number of benzene rings is 1. The van der Waals surface area contributed by atoms with Gasteiger partial charge in [-0.15, -0.1) is 0 Å². The van der Waals surface area contributed by atoms with Crippen molar-refractivity contribution in [1.29, 1.82) is 0 Å². The SMILES string of the molecule is C/C(=C/Cl)CNc1cccc(Br)c1F. The molecule has 0 aromatic heterocycles. The van der Waals surface area contributed by atoms with Crippen LogP contribution in [0.3, 0.4) is 0 Å². The maximum Gasteiger partial charge on any atom is 0.160 e. The van der Waals surface area contributed by atoms with Crippen LogP contribution in [-0.4, -0.2) is 6.54 Å². The molecule has 0 spiro atoms. The minimum atomic E-state index is -0.283. The van der Waals surface area contributed by atoms with Gasteiger partial charge in [0.25, 0.3) is 0 Å². The molecule has 0 fully saturated rings. The number of halogens is 3. The zero-order chi connectivity index (χ0) is 10.6. The van der Waals surface area contributed by atoms with Crippen LogP contribution in [0.2, 0.25) is 0 Å². The highest BCUT2D eigenvalue weighted by molar-refractivity contribution is 9.10. The fourth-order valence-electron chi connectivity index (χ4n) is 0.914. The Morgan fingerprint density at radius 3 is 3.00 bits per heavy atom. The number of hydrogen-bond acceptors (Lipinski definition) is 1. The van der Waals surface area contributed by atoms with E-state index in [0.29, 0.717) is 16.7 Å². The Morgan fingerprint density at radius 2 is 2.36 bits per heavy atom. The van der Waals surface area contributed by atoms with Crippen molar-refractivity contribution in [2.45, 2.75) is 6.92 Å².